The van der Waals surface area contributed by atoms with E-state index in [2.05, 4.69) is 17.2 Å². The van der Waals surface area contributed by atoms with E-state index in [1.54, 1.807) is 7.11 Å². The minimum atomic E-state index is 0.343. The molecule has 1 atom stereocenters. The van der Waals surface area contributed by atoms with Gasteiger partial charge in [0.25, 0.3) is 0 Å². The highest BCUT2D eigenvalue weighted by molar-refractivity contribution is 4.93. The average molecular weight is 226 g/mol. The van der Waals surface area contributed by atoms with E-state index in [0.717, 1.165) is 44.5 Å². The number of rotatable bonds is 8. The van der Waals surface area contributed by atoms with Crippen LogP contribution in [0.25, 0.3) is 0 Å². The maximum Gasteiger partial charge on any atom is 0.0827 e. The van der Waals surface area contributed by atoms with Gasteiger partial charge in [0.05, 0.1) is 11.7 Å². The Bertz CT molecular complexity index is 287. The van der Waals surface area contributed by atoms with E-state index < -0.39 is 0 Å². The summed E-state index contributed by atoms with van der Waals surface area (Å²) >= 11 is 0. The van der Waals surface area contributed by atoms with Gasteiger partial charge in [-0.15, -0.1) is 5.10 Å². The van der Waals surface area contributed by atoms with Crippen molar-refractivity contribution in [1.29, 1.82) is 0 Å². The average Bonchev–Trinajstić information content (AvgIpc) is 2.75. The van der Waals surface area contributed by atoms with Crippen LogP contribution in [0.15, 0.2) is 6.20 Å². The number of aryl methyl sites for hydroxylation is 1. The molecular formula is C11H22N4O. The molecule has 1 heterocycles. The molecular weight excluding hydrogens is 204 g/mol. The number of hydrogen-bond acceptors (Lipinski definition) is 4. The van der Waals surface area contributed by atoms with Gasteiger partial charge in [-0.2, -0.15) is 0 Å². The first kappa shape index (κ1) is 13.1. The van der Waals surface area contributed by atoms with Crippen LogP contribution in [0.3, 0.4) is 0 Å². The molecule has 5 nitrogen and oxygen atoms in total. The van der Waals surface area contributed by atoms with Gasteiger partial charge in [0, 0.05) is 19.9 Å². The smallest absolute Gasteiger partial charge is 0.0827 e. The first-order chi connectivity index (χ1) is 7.77. The summed E-state index contributed by atoms with van der Waals surface area (Å²) in [5.74, 6) is 0. The highest BCUT2D eigenvalue weighted by Gasteiger charge is 2.07. The van der Waals surface area contributed by atoms with E-state index in [-0.39, 0.29) is 0 Å². The van der Waals surface area contributed by atoms with Crippen molar-refractivity contribution >= 4 is 0 Å². The lowest BCUT2D eigenvalue weighted by Gasteiger charge is -2.09. The Hall–Kier alpha value is -0.940. The van der Waals surface area contributed by atoms with Crippen molar-refractivity contribution in [2.24, 2.45) is 5.73 Å². The van der Waals surface area contributed by atoms with Crippen molar-refractivity contribution < 1.29 is 4.74 Å². The van der Waals surface area contributed by atoms with Gasteiger partial charge >= 0.3 is 0 Å². The maximum atomic E-state index is 5.45. The Labute approximate surface area is 97.0 Å². The first-order valence-corrected chi connectivity index (χ1v) is 5.87. The van der Waals surface area contributed by atoms with Gasteiger partial charge in [-0.05, 0) is 39.2 Å². The zero-order chi connectivity index (χ0) is 11.8. The van der Waals surface area contributed by atoms with Crippen LogP contribution in [-0.4, -0.2) is 35.3 Å². The Balaban J connectivity index is 2.37. The van der Waals surface area contributed by atoms with Crippen LogP contribution in [-0.2, 0) is 11.2 Å². The van der Waals surface area contributed by atoms with Crippen LogP contribution in [0.5, 0.6) is 0 Å². The second-order valence-electron chi connectivity index (χ2n) is 4.07. The van der Waals surface area contributed by atoms with Gasteiger partial charge < -0.3 is 10.5 Å². The molecule has 0 bridgehead atoms. The molecule has 0 fully saturated rings. The predicted molar refractivity (Wildman–Crippen MR) is 63.2 cm³/mol. The Morgan fingerprint density at radius 1 is 1.50 bits per heavy atom. The number of ether oxygens (including phenoxy) is 1. The Morgan fingerprint density at radius 3 is 3.00 bits per heavy atom. The highest BCUT2D eigenvalue weighted by atomic mass is 16.5. The zero-order valence-electron chi connectivity index (χ0n) is 10.2. The van der Waals surface area contributed by atoms with Crippen molar-refractivity contribution in [3.63, 3.8) is 0 Å². The van der Waals surface area contributed by atoms with Gasteiger partial charge in [-0.1, -0.05) is 5.21 Å². The lowest BCUT2D eigenvalue weighted by molar-refractivity contribution is 0.178. The third-order valence-electron chi connectivity index (χ3n) is 2.64. The molecule has 0 aromatic carbocycles. The minimum absolute atomic E-state index is 0.343. The summed E-state index contributed by atoms with van der Waals surface area (Å²) in [6, 6.07) is 0.343. The van der Waals surface area contributed by atoms with E-state index in [4.69, 9.17) is 10.5 Å². The first-order valence-electron chi connectivity index (χ1n) is 5.87. The van der Waals surface area contributed by atoms with Crippen LogP contribution < -0.4 is 5.73 Å². The molecule has 0 amide bonds. The topological polar surface area (TPSA) is 66.0 Å². The molecule has 92 valence electrons. The van der Waals surface area contributed by atoms with E-state index in [1.165, 1.54) is 0 Å². The van der Waals surface area contributed by atoms with Gasteiger partial charge in [0.15, 0.2) is 0 Å². The van der Waals surface area contributed by atoms with Crippen molar-refractivity contribution in [3.8, 4) is 0 Å². The molecule has 0 radical (unpaired) electrons. The quantitative estimate of drug-likeness (QED) is 0.675. The van der Waals surface area contributed by atoms with Crippen molar-refractivity contribution in [1.82, 2.24) is 15.0 Å². The molecule has 0 aliphatic rings. The van der Waals surface area contributed by atoms with Crippen molar-refractivity contribution in [3.05, 3.63) is 11.9 Å². The third kappa shape index (κ3) is 4.28. The second kappa shape index (κ2) is 7.35. The largest absolute Gasteiger partial charge is 0.385 e. The lowest BCUT2D eigenvalue weighted by atomic mass is 10.2. The SMILES string of the molecule is COCCC(C)n1cc(CCCCN)nn1. The van der Waals surface area contributed by atoms with Gasteiger partial charge in [-0.3, -0.25) is 0 Å². The zero-order valence-corrected chi connectivity index (χ0v) is 10.2. The molecule has 1 aromatic rings. The molecule has 1 unspecified atom stereocenters. The van der Waals surface area contributed by atoms with Gasteiger partial charge in [0.2, 0.25) is 0 Å². The van der Waals surface area contributed by atoms with Crippen molar-refractivity contribution in [2.45, 2.75) is 38.6 Å². The number of nitrogens with two attached hydrogens (primary N) is 1. The minimum Gasteiger partial charge on any atom is -0.385 e. The van der Waals surface area contributed by atoms with Crippen molar-refractivity contribution in [2.75, 3.05) is 20.3 Å². The Morgan fingerprint density at radius 2 is 2.31 bits per heavy atom. The summed E-state index contributed by atoms with van der Waals surface area (Å²) in [6.45, 7) is 3.62. The van der Waals surface area contributed by atoms with Gasteiger partial charge in [-0.25, -0.2) is 4.68 Å². The number of hydrogen-bond donors (Lipinski definition) is 1. The number of methoxy groups -OCH3 is 1. The van der Waals surface area contributed by atoms with E-state index in [0.29, 0.717) is 6.04 Å². The van der Waals surface area contributed by atoms with Crippen LogP contribution in [0, 0.1) is 0 Å². The second-order valence-corrected chi connectivity index (χ2v) is 4.07. The van der Waals surface area contributed by atoms with E-state index >= 15 is 0 Å². The highest BCUT2D eigenvalue weighted by Crippen LogP contribution is 2.10. The fourth-order valence-corrected chi connectivity index (χ4v) is 1.51. The summed E-state index contributed by atoms with van der Waals surface area (Å²) < 4.78 is 6.96. The standard InChI is InChI=1S/C11H22N4O/c1-10(6-8-16-2)15-9-11(13-14-15)5-3-4-7-12/h9-10H,3-8,12H2,1-2H3. The molecule has 5 heteroatoms. The summed E-state index contributed by atoms with van der Waals surface area (Å²) in [5.41, 5.74) is 6.50. The van der Waals surface area contributed by atoms with Crippen LogP contribution in [0.4, 0.5) is 0 Å². The third-order valence-corrected chi connectivity index (χ3v) is 2.64. The molecule has 0 aliphatic heterocycles. The summed E-state index contributed by atoms with van der Waals surface area (Å²) in [7, 11) is 1.71. The predicted octanol–water partition coefficient (Wildman–Crippen LogP) is 1.16. The Kier molecular flexibility index (Phi) is 6.03. The fraction of sp³-hybridized carbons (Fsp3) is 0.818. The van der Waals surface area contributed by atoms with E-state index in [1.807, 2.05) is 10.9 Å². The molecule has 0 aliphatic carbocycles. The molecule has 0 spiro atoms. The number of nitrogens with zero attached hydrogens (tertiary/aromatic N) is 3. The maximum absolute atomic E-state index is 5.45. The van der Waals surface area contributed by atoms with Gasteiger partial charge in [0.1, 0.15) is 0 Å². The molecule has 0 saturated carbocycles. The van der Waals surface area contributed by atoms with Crippen LogP contribution >= 0.6 is 0 Å². The molecule has 16 heavy (non-hydrogen) atoms. The van der Waals surface area contributed by atoms with Crippen LogP contribution in [0.1, 0.15) is 37.9 Å². The molecule has 0 saturated heterocycles. The van der Waals surface area contributed by atoms with Crippen LogP contribution in [0.2, 0.25) is 0 Å². The molecule has 2 N–H and O–H groups in total. The van der Waals surface area contributed by atoms with E-state index in [9.17, 15) is 0 Å². The normalized spacial score (nSPS) is 12.9. The fourth-order valence-electron chi connectivity index (χ4n) is 1.51. The molecule has 1 aromatic heterocycles. The number of aromatic nitrogens is 3. The number of unbranched alkanes of at least 4 members (excludes halogenated alkanes) is 1. The molecule has 1 rings (SSSR count). The summed E-state index contributed by atoms with van der Waals surface area (Å²) in [6.07, 6.45) is 6.08. The monoisotopic (exact) mass is 226 g/mol. The summed E-state index contributed by atoms with van der Waals surface area (Å²) in [5, 5.41) is 8.28. The lowest BCUT2D eigenvalue weighted by Crippen LogP contribution is -2.08. The summed E-state index contributed by atoms with van der Waals surface area (Å²) in [4.78, 5) is 0.